The lowest BCUT2D eigenvalue weighted by atomic mass is 9.63. The SMILES string of the molecule is CCN(CC1CC1)C1C(=O)c2ccc(Nc3ccc(NC(C)(C)CCOC(C)(C)C)cc3)cc2C(C)(C)[C@H]1C. The number of ether oxygens (including phenoxy) is 1. The fraction of sp³-hybridized carbons (Fsp3) is 0.618. The number of nitrogens with one attached hydrogen (secondary N) is 2. The van der Waals surface area contributed by atoms with Gasteiger partial charge in [0.2, 0.25) is 0 Å². The maximum absolute atomic E-state index is 13.8. The summed E-state index contributed by atoms with van der Waals surface area (Å²) in [5.41, 5.74) is 4.89. The number of likely N-dealkylation sites (N-methyl/N-ethyl adjacent to an activating group) is 1. The first kappa shape index (κ1) is 29.6. The van der Waals surface area contributed by atoms with E-state index in [9.17, 15) is 4.79 Å². The molecule has 4 rings (SSSR count). The van der Waals surface area contributed by atoms with E-state index in [1.54, 1.807) is 0 Å². The molecule has 1 saturated carbocycles. The smallest absolute Gasteiger partial charge is 0.180 e. The van der Waals surface area contributed by atoms with Crippen LogP contribution in [-0.4, -0.2) is 47.6 Å². The van der Waals surface area contributed by atoms with Gasteiger partial charge in [0.05, 0.1) is 11.6 Å². The van der Waals surface area contributed by atoms with E-state index in [0.29, 0.717) is 0 Å². The Morgan fingerprint density at radius 2 is 1.59 bits per heavy atom. The number of rotatable bonds is 11. The molecule has 2 aliphatic rings. The topological polar surface area (TPSA) is 53.6 Å². The van der Waals surface area contributed by atoms with Crippen molar-refractivity contribution in [2.45, 2.75) is 104 Å². The van der Waals surface area contributed by atoms with E-state index in [1.165, 1.54) is 12.8 Å². The Bertz CT molecular complexity index is 1140. The maximum Gasteiger partial charge on any atom is 0.180 e. The summed E-state index contributed by atoms with van der Waals surface area (Å²) in [5, 5.41) is 7.21. The highest BCUT2D eigenvalue weighted by Gasteiger charge is 2.47. The molecule has 0 radical (unpaired) electrons. The number of anilines is 3. The van der Waals surface area contributed by atoms with E-state index in [0.717, 1.165) is 60.2 Å². The van der Waals surface area contributed by atoms with Gasteiger partial charge in [-0.05, 0) is 126 Å². The molecule has 0 spiro atoms. The van der Waals surface area contributed by atoms with Crippen molar-refractivity contribution in [3.63, 3.8) is 0 Å². The Balaban J connectivity index is 1.45. The van der Waals surface area contributed by atoms with Crippen molar-refractivity contribution in [2.24, 2.45) is 11.8 Å². The highest BCUT2D eigenvalue weighted by Crippen LogP contribution is 2.45. The minimum Gasteiger partial charge on any atom is -0.380 e. The number of carbonyl (C=O) groups is 1. The molecule has 2 aliphatic carbocycles. The zero-order valence-electron chi connectivity index (χ0n) is 25.8. The standard InChI is InChI=1S/C34H51N3O2/c1-10-37(22-24-11-12-24)30-23(2)34(8,9)29-21-27(17-18-28(29)31(30)38)35-25-13-15-26(16-14-25)36-33(6,7)19-20-39-32(3,4)5/h13-18,21,23-24,30,35-36H,10-12,19-20,22H2,1-9H3/t23-,30?/m0/s1. The Hall–Kier alpha value is -2.37. The lowest BCUT2D eigenvalue weighted by molar-refractivity contribution is -0.00846. The van der Waals surface area contributed by atoms with Crippen LogP contribution in [0.1, 0.15) is 97.5 Å². The Morgan fingerprint density at radius 3 is 2.18 bits per heavy atom. The van der Waals surface area contributed by atoms with Crippen LogP contribution in [0.25, 0.3) is 0 Å². The van der Waals surface area contributed by atoms with Crippen molar-refractivity contribution < 1.29 is 9.53 Å². The van der Waals surface area contributed by atoms with Crippen molar-refractivity contribution in [1.82, 2.24) is 4.90 Å². The summed E-state index contributed by atoms with van der Waals surface area (Å²) in [7, 11) is 0. The fourth-order valence-electron chi connectivity index (χ4n) is 5.82. The van der Waals surface area contributed by atoms with Gasteiger partial charge in [-0.3, -0.25) is 9.69 Å². The largest absolute Gasteiger partial charge is 0.380 e. The molecule has 39 heavy (non-hydrogen) atoms. The molecular formula is C34H51N3O2. The normalized spacial score (nSPS) is 21.1. The predicted molar refractivity (Wildman–Crippen MR) is 164 cm³/mol. The molecule has 0 bridgehead atoms. The summed E-state index contributed by atoms with van der Waals surface area (Å²) in [4.78, 5) is 16.2. The van der Waals surface area contributed by atoms with Gasteiger partial charge in [0.1, 0.15) is 0 Å². The van der Waals surface area contributed by atoms with Crippen LogP contribution in [-0.2, 0) is 10.2 Å². The van der Waals surface area contributed by atoms with Gasteiger partial charge in [0.15, 0.2) is 5.78 Å². The van der Waals surface area contributed by atoms with Crippen LogP contribution in [0, 0.1) is 11.8 Å². The molecule has 0 aromatic heterocycles. The average Bonchev–Trinajstić information content (AvgIpc) is 3.66. The van der Waals surface area contributed by atoms with Crippen LogP contribution in [0.4, 0.5) is 17.1 Å². The minimum atomic E-state index is -0.117. The van der Waals surface area contributed by atoms with Crippen LogP contribution in [0.15, 0.2) is 42.5 Å². The molecule has 1 fully saturated rings. The number of nitrogens with zero attached hydrogens (tertiary/aromatic N) is 1. The van der Waals surface area contributed by atoms with Crippen molar-refractivity contribution in [3.05, 3.63) is 53.6 Å². The number of fused-ring (bicyclic) bond motifs is 1. The number of Topliss-reactive ketones (excluding diaryl/α,β-unsaturated/α-hetero) is 1. The molecule has 0 amide bonds. The maximum atomic E-state index is 13.8. The molecule has 2 aromatic carbocycles. The molecule has 2 atom stereocenters. The number of carbonyl (C=O) groups excluding carboxylic acids is 1. The van der Waals surface area contributed by atoms with Gasteiger partial charge in [0.25, 0.3) is 0 Å². The van der Waals surface area contributed by atoms with E-state index in [-0.39, 0.29) is 34.3 Å². The zero-order chi connectivity index (χ0) is 28.6. The second kappa shape index (κ2) is 11.2. The Morgan fingerprint density at radius 1 is 0.974 bits per heavy atom. The first-order valence-corrected chi connectivity index (χ1v) is 14.9. The van der Waals surface area contributed by atoms with Gasteiger partial charge in [-0.1, -0.05) is 27.7 Å². The van der Waals surface area contributed by atoms with Gasteiger partial charge in [0, 0.05) is 41.3 Å². The zero-order valence-corrected chi connectivity index (χ0v) is 25.8. The third kappa shape index (κ3) is 7.24. The minimum absolute atomic E-state index is 0.0405. The van der Waals surface area contributed by atoms with Crippen LogP contribution in [0.3, 0.4) is 0 Å². The lowest BCUT2D eigenvalue weighted by Crippen LogP contribution is -2.55. The Kier molecular flexibility index (Phi) is 8.54. The van der Waals surface area contributed by atoms with Crippen molar-refractivity contribution in [3.8, 4) is 0 Å². The highest BCUT2D eigenvalue weighted by atomic mass is 16.5. The summed E-state index contributed by atoms with van der Waals surface area (Å²) < 4.78 is 5.92. The van der Waals surface area contributed by atoms with Crippen molar-refractivity contribution in [1.29, 1.82) is 0 Å². The quantitative estimate of drug-likeness (QED) is 0.306. The molecule has 5 nitrogen and oxygen atoms in total. The number of hydrogen-bond donors (Lipinski definition) is 2. The average molecular weight is 534 g/mol. The number of benzene rings is 2. The van der Waals surface area contributed by atoms with Crippen molar-refractivity contribution >= 4 is 22.8 Å². The molecular weight excluding hydrogens is 482 g/mol. The highest BCUT2D eigenvalue weighted by molar-refractivity contribution is 6.03. The van der Waals surface area contributed by atoms with E-state index in [4.69, 9.17) is 4.74 Å². The third-order valence-corrected chi connectivity index (χ3v) is 8.77. The Labute approximate surface area is 237 Å². The van der Waals surface area contributed by atoms with Crippen LogP contribution >= 0.6 is 0 Å². The second-order valence-corrected chi connectivity index (χ2v) is 14.0. The van der Waals surface area contributed by atoms with Crippen LogP contribution in [0.5, 0.6) is 0 Å². The molecule has 1 unspecified atom stereocenters. The van der Waals surface area contributed by atoms with E-state index in [1.807, 2.05) is 6.07 Å². The van der Waals surface area contributed by atoms with E-state index < -0.39 is 0 Å². The van der Waals surface area contributed by atoms with Gasteiger partial charge < -0.3 is 15.4 Å². The van der Waals surface area contributed by atoms with Crippen LogP contribution in [0.2, 0.25) is 0 Å². The van der Waals surface area contributed by atoms with Gasteiger partial charge >= 0.3 is 0 Å². The molecule has 2 N–H and O–H groups in total. The summed E-state index contributed by atoms with van der Waals surface area (Å²) in [6.45, 7) is 22.5. The molecule has 0 saturated heterocycles. The molecule has 5 heteroatoms. The second-order valence-electron chi connectivity index (χ2n) is 14.0. The van der Waals surface area contributed by atoms with Gasteiger partial charge in [-0.25, -0.2) is 0 Å². The third-order valence-electron chi connectivity index (χ3n) is 8.77. The molecule has 2 aromatic rings. The van der Waals surface area contributed by atoms with E-state index in [2.05, 4.69) is 114 Å². The summed E-state index contributed by atoms with van der Waals surface area (Å²) >= 11 is 0. The first-order chi connectivity index (χ1) is 18.2. The summed E-state index contributed by atoms with van der Waals surface area (Å²) in [5.74, 6) is 1.31. The summed E-state index contributed by atoms with van der Waals surface area (Å²) in [6.07, 6.45) is 3.54. The van der Waals surface area contributed by atoms with Gasteiger partial charge in [-0.15, -0.1) is 0 Å². The lowest BCUT2D eigenvalue weighted by Gasteiger charge is -2.47. The molecule has 0 aliphatic heterocycles. The molecule has 0 heterocycles. The van der Waals surface area contributed by atoms with Crippen LogP contribution < -0.4 is 10.6 Å². The van der Waals surface area contributed by atoms with Crippen molar-refractivity contribution in [2.75, 3.05) is 30.3 Å². The van der Waals surface area contributed by atoms with Gasteiger partial charge in [-0.2, -0.15) is 0 Å². The predicted octanol–water partition coefficient (Wildman–Crippen LogP) is 8.04. The summed E-state index contributed by atoms with van der Waals surface area (Å²) in [6, 6.07) is 14.7. The monoisotopic (exact) mass is 533 g/mol. The first-order valence-electron chi connectivity index (χ1n) is 14.9. The molecule has 214 valence electrons. The number of hydrogen-bond acceptors (Lipinski definition) is 5. The fourth-order valence-corrected chi connectivity index (χ4v) is 5.82. The number of ketones is 1. The van der Waals surface area contributed by atoms with E-state index >= 15 is 0 Å².